The first-order valence-electron chi connectivity index (χ1n) is 4.64. The summed E-state index contributed by atoms with van der Waals surface area (Å²) < 4.78 is 1.91. The lowest BCUT2D eigenvalue weighted by Crippen LogP contribution is -2.21. The summed E-state index contributed by atoms with van der Waals surface area (Å²) in [4.78, 5) is 0. The summed E-state index contributed by atoms with van der Waals surface area (Å²) in [6.07, 6.45) is 7.52. The minimum absolute atomic E-state index is 0.173. The maximum atomic E-state index is 5.86. The van der Waals surface area contributed by atoms with Crippen molar-refractivity contribution in [3.63, 3.8) is 0 Å². The summed E-state index contributed by atoms with van der Waals surface area (Å²) in [6.45, 7) is 6.65. The van der Waals surface area contributed by atoms with E-state index in [1.165, 1.54) is 5.56 Å². The molecule has 0 fully saturated rings. The second-order valence-corrected chi connectivity index (χ2v) is 3.19. The molecule has 1 atom stereocenters. The Morgan fingerprint density at radius 1 is 1.77 bits per heavy atom. The highest BCUT2D eigenvalue weighted by Gasteiger charge is 2.03. The molecule has 0 bridgehead atoms. The number of hydrogen-bond acceptors (Lipinski definition) is 2. The van der Waals surface area contributed by atoms with Crippen LogP contribution in [0.4, 0.5) is 0 Å². The lowest BCUT2D eigenvalue weighted by molar-refractivity contribution is 0.654. The van der Waals surface area contributed by atoms with E-state index in [0.717, 1.165) is 19.4 Å². The normalized spacial score (nSPS) is 12.8. The quantitative estimate of drug-likeness (QED) is 0.693. The highest BCUT2D eigenvalue weighted by atomic mass is 15.3. The summed E-state index contributed by atoms with van der Waals surface area (Å²) in [6, 6.07) is 0.173. The van der Waals surface area contributed by atoms with Crippen LogP contribution < -0.4 is 5.73 Å². The molecule has 0 aliphatic carbocycles. The number of rotatable bonds is 5. The Morgan fingerprint density at radius 3 is 3.08 bits per heavy atom. The van der Waals surface area contributed by atoms with Gasteiger partial charge in [0.25, 0.3) is 0 Å². The van der Waals surface area contributed by atoms with E-state index >= 15 is 0 Å². The molecule has 1 aromatic rings. The second kappa shape index (κ2) is 4.82. The minimum atomic E-state index is 0.173. The average Bonchev–Trinajstić information content (AvgIpc) is 2.52. The zero-order chi connectivity index (χ0) is 9.68. The molecule has 3 nitrogen and oxygen atoms in total. The predicted molar refractivity (Wildman–Crippen MR) is 54.4 cm³/mol. The molecule has 1 unspecified atom stereocenters. The smallest absolute Gasteiger partial charge is 0.0522 e. The van der Waals surface area contributed by atoms with Crippen LogP contribution in [-0.4, -0.2) is 15.8 Å². The third-order valence-corrected chi connectivity index (χ3v) is 1.98. The Hall–Kier alpha value is -1.09. The Kier molecular flexibility index (Phi) is 3.71. The Morgan fingerprint density at radius 2 is 2.54 bits per heavy atom. The van der Waals surface area contributed by atoms with Gasteiger partial charge >= 0.3 is 0 Å². The third kappa shape index (κ3) is 3.03. The first kappa shape index (κ1) is 9.99. The Labute approximate surface area is 79.2 Å². The number of nitrogens with two attached hydrogens (primary N) is 1. The number of aryl methyl sites for hydroxylation is 1. The van der Waals surface area contributed by atoms with Crippen LogP contribution in [0.5, 0.6) is 0 Å². The zero-order valence-electron chi connectivity index (χ0n) is 8.11. The zero-order valence-corrected chi connectivity index (χ0v) is 8.11. The molecule has 0 saturated carbocycles. The van der Waals surface area contributed by atoms with Crippen molar-refractivity contribution in [1.29, 1.82) is 0 Å². The van der Waals surface area contributed by atoms with Gasteiger partial charge in [-0.25, -0.2) is 0 Å². The van der Waals surface area contributed by atoms with Crippen LogP contribution in [0.2, 0.25) is 0 Å². The summed E-state index contributed by atoms with van der Waals surface area (Å²) in [5.74, 6) is 0. The van der Waals surface area contributed by atoms with Crippen LogP contribution >= 0.6 is 0 Å². The van der Waals surface area contributed by atoms with Crippen LogP contribution in [0.15, 0.2) is 25.0 Å². The predicted octanol–water partition coefficient (Wildman–Crippen LogP) is 1.35. The van der Waals surface area contributed by atoms with E-state index in [9.17, 15) is 0 Å². The largest absolute Gasteiger partial charge is 0.327 e. The average molecular weight is 179 g/mol. The van der Waals surface area contributed by atoms with Crippen molar-refractivity contribution in [1.82, 2.24) is 9.78 Å². The van der Waals surface area contributed by atoms with Gasteiger partial charge in [-0.05, 0) is 25.3 Å². The monoisotopic (exact) mass is 179 g/mol. The molecule has 0 saturated heterocycles. The van der Waals surface area contributed by atoms with Gasteiger partial charge in [-0.2, -0.15) is 5.10 Å². The van der Waals surface area contributed by atoms with Gasteiger partial charge in [0, 0.05) is 18.8 Å². The first-order chi connectivity index (χ1) is 6.26. The lowest BCUT2D eigenvalue weighted by atomic mass is 10.1. The van der Waals surface area contributed by atoms with E-state index in [2.05, 4.69) is 18.6 Å². The fourth-order valence-corrected chi connectivity index (χ4v) is 1.28. The standard InChI is InChI=1S/C10H17N3/c1-3-5-10(11)6-9-7-12-13(4-2)8-9/h3,7-8,10H,1,4-6,11H2,2H3. The topological polar surface area (TPSA) is 43.8 Å². The van der Waals surface area contributed by atoms with Crippen molar-refractivity contribution in [3.05, 3.63) is 30.6 Å². The fraction of sp³-hybridized carbons (Fsp3) is 0.500. The highest BCUT2D eigenvalue weighted by molar-refractivity contribution is 5.06. The van der Waals surface area contributed by atoms with E-state index in [4.69, 9.17) is 5.73 Å². The maximum absolute atomic E-state index is 5.86. The van der Waals surface area contributed by atoms with Gasteiger partial charge in [-0.3, -0.25) is 4.68 Å². The van der Waals surface area contributed by atoms with E-state index in [1.54, 1.807) is 0 Å². The molecule has 1 rings (SSSR count). The number of aromatic nitrogens is 2. The fourth-order valence-electron chi connectivity index (χ4n) is 1.28. The summed E-state index contributed by atoms with van der Waals surface area (Å²) in [5, 5.41) is 4.18. The van der Waals surface area contributed by atoms with Crippen LogP contribution in [0, 0.1) is 0 Å². The highest BCUT2D eigenvalue weighted by Crippen LogP contribution is 2.03. The minimum Gasteiger partial charge on any atom is -0.327 e. The van der Waals surface area contributed by atoms with Crippen molar-refractivity contribution in [2.75, 3.05) is 0 Å². The summed E-state index contributed by atoms with van der Waals surface area (Å²) in [7, 11) is 0. The third-order valence-electron chi connectivity index (χ3n) is 1.98. The molecule has 0 aliphatic rings. The Bertz CT molecular complexity index is 265. The molecule has 0 amide bonds. The van der Waals surface area contributed by atoms with Crippen LogP contribution in [0.1, 0.15) is 18.9 Å². The number of nitrogens with zero attached hydrogens (tertiary/aromatic N) is 2. The van der Waals surface area contributed by atoms with Gasteiger partial charge in [-0.15, -0.1) is 6.58 Å². The molecule has 0 aromatic carbocycles. The maximum Gasteiger partial charge on any atom is 0.0522 e. The molecule has 13 heavy (non-hydrogen) atoms. The molecule has 72 valence electrons. The van der Waals surface area contributed by atoms with Gasteiger partial charge < -0.3 is 5.73 Å². The van der Waals surface area contributed by atoms with Crippen molar-refractivity contribution >= 4 is 0 Å². The van der Waals surface area contributed by atoms with E-state index in [1.807, 2.05) is 23.2 Å². The summed E-state index contributed by atoms with van der Waals surface area (Å²) in [5.41, 5.74) is 7.06. The van der Waals surface area contributed by atoms with E-state index < -0.39 is 0 Å². The van der Waals surface area contributed by atoms with Crippen LogP contribution in [-0.2, 0) is 13.0 Å². The molecule has 3 heteroatoms. The van der Waals surface area contributed by atoms with E-state index in [-0.39, 0.29) is 6.04 Å². The molecule has 0 radical (unpaired) electrons. The molecular weight excluding hydrogens is 162 g/mol. The van der Waals surface area contributed by atoms with Crippen molar-refractivity contribution < 1.29 is 0 Å². The van der Waals surface area contributed by atoms with Crippen molar-refractivity contribution in [2.24, 2.45) is 5.73 Å². The van der Waals surface area contributed by atoms with Crippen LogP contribution in [0.3, 0.4) is 0 Å². The molecule has 2 N–H and O–H groups in total. The van der Waals surface area contributed by atoms with Gasteiger partial charge in [0.2, 0.25) is 0 Å². The summed E-state index contributed by atoms with van der Waals surface area (Å²) >= 11 is 0. The molecule has 0 aliphatic heterocycles. The SMILES string of the molecule is C=CCC(N)Cc1cnn(CC)c1. The lowest BCUT2D eigenvalue weighted by Gasteiger charge is -2.05. The molecule has 1 aromatic heterocycles. The Balaban J connectivity index is 2.48. The first-order valence-corrected chi connectivity index (χ1v) is 4.64. The van der Waals surface area contributed by atoms with Crippen molar-refractivity contribution in [2.45, 2.75) is 32.4 Å². The van der Waals surface area contributed by atoms with Gasteiger partial charge in [0.05, 0.1) is 6.20 Å². The van der Waals surface area contributed by atoms with E-state index in [0.29, 0.717) is 0 Å². The molecule has 0 spiro atoms. The van der Waals surface area contributed by atoms with Crippen molar-refractivity contribution in [3.8, 4) is 0 Å². The van der Waals surface area contributed by atoms with Gasteiger partial charge in [0.1, 0.15) is 0 Å². The molecular formula is C10H17N3. The van der Waals surface area contributed by atoms with Gasteiger partial charge in [-0.1, -0.05) is 6.08 Å². The second-order valence-electron chi connectivity index (χ2n) is 3.19. The number of hydrogen-bond donors (Lipinski definition) is 1. The molecule has 1 heterocycles. The van der Waals surface area contributed by atoms with Gasteiger partial charge in [0.15, 0.2) is 0 Å². The van der Waals surface area contributed by atoms with Crippen LogP contribution in [0.25, 0.3) is 0 Å².